The Labute approximate surface area is 141 Å². The second-order valence-corrected chi connectivity index (χ2v) is 6.31. The van der Waals surface area contributed by atoms with Crippen LogP contribution in [-0.4, -0.2) is 19.7 Å². The molecule has 0 aliphatic rings. The lowest BCUT2D eigenvalue weighted by Crippen LogP contribution is -1.91. The summed E-state index contributed by atoms with van der Waals surface area (Å²) in [5, 5.41) is 7.68. The van der Waals surface area contributed by atoms with Gasteiger partial charge in [0.05, 0.1) is 5.69 Å². The van der Waals surface area contributed by atoms with Gasteiger partial charge < -0.3 is 4.42 Å². The third-order valence-corrected chi connectivity index (χ3v) is 4.22. The minimum Gasteiger partial charge on any atom is -0.440 e. The van der Waals surface area contributed by atoms with Gasteiger partial charge in [-0.2, -0.15) is 0 Å². The van der Waals surface area contributed by atoms with Gasteiger partial charge in [0.25, 0.3) is 0 Å². The molecule has 0 bridgehead atoms. The van der Waals surface area contributed by atoms with Crippen LogP contribution in [0.5, 0.6) is 0 Å². The zero-order chi connectivity index (χ0) is 15.8. The fourth-order valence-electron chi connectivity index (χ4n) is 2.56. The summed E-state index contributed by atoms with van der Waals surface area (Å²) in [5.41, 5.74) is 4.86. The van der Waals surface area contributed by atoms with Crippen LogP contribution in [0.3, 0.4) is 0 Å². The first-order valence-electron chi connectivity index (χ1n) is 7.18. The van der Waals surface area contributed by atoms with Crippen molar-refractivity contribution < 1.29 is 4.42 Å². The lowest BCUT2D eigenvalue weighted by molar-refractivity contribution is 0.542. The molecule has 4 rings (SSSR count). The molecule has 0 spiro atoms. The van der Waals surface area contributed by atoms with Crippen LogP contribution >= 0.6 is 15.9 Å². The number of hydrogen-bond acceptors (Lipinski definition) is 4. The number of rotatable bonds is 3. The highest BCUT2D eigenvalue weighted by Crippen LogP contribution is 2.25. The van der Waals surface area contributed by atoms with Crippen LogP contribution in [0.25, 0.3) is 16.8 Å². The molecule has 0 radical (unpaired) electrons. The van der Waals surface area contributed by atoms with Gasteiger partial charge in [0, 0.05) is 10.9 Å². The van der Waals surface area contributed by atoms with Crippen molar-refractivity contribution in [3.63, 3.8) is 0 Å². The van der Waals surface area contributed by atoms with Crippen molar-refractivity contribution in [1.29, 1.82) is 0 Å². The van der Waals surface area contributed by atoms with E-state index in [1.54, 1.807) is 12.7 Å². The van der Waals surface area contributed by atoms with Gasteiger partial charge >= 0.3 is 0 Å². The Bertz CT molecular complexity index is 958. The smallest absolute Gasteiger partial charge is 0.199 e. The SMILES string of the molecule is Cc1cc(-n2cnnc2)cc2nc(Cc3ccc(Br)cc3)oc12. The number of fused-ring (bicyclic) bond motifs is 1. The first kappa shape index (κ1) is 14.1. The summed E-state index contributed by atoms with van der Waals surface area (Å²) in [5.74, 6) is 0.714. The monoisotopic (exact) mass is 368 g/mol. The molecule has 0 atom stereocenters. The van der Waals surface area contributed by atoms with Gasteiger partial charge in [-0.15, -0.1) is 10.2 Å². The van der Waals surface area contributed by atoms with Crippen LogP contribution in [-0.2, 0) is 6.42 Å². The first-order valence-corrected chi connectivity index (χ1v) is 7.98. The summed E-state index contributed by atoms with van der Waals surface area (Å²) >= 11 is 3.44. The predicted octanol–water partition coefficient (Wildman–Crippen LogP) is 4.07. The summed E-state index contributed by atoms with van der Waals surface area (Å²) in [6.45, 7) is 2.02. The van der Waals surface area contributed by atoms with Crippen molar-refractivity contribution in [3.8, 4) is 5.69 Å². The molecule has 23 heavy (non-hydrogen) atoms. The van der Waals surface area contributed by atoms with Gasteiger partial charge in [-0.1, -0.05) is 28.1 Å². The molecule has 0 aliphatic carbocycles. The molecule has 0 unspecified atom stereocenters. The predicted molar refractivity (Wildman–Crippen MR) is 90.6 cm³/mol. The molecular formula is C17H13BrN4O. The van der Waals surface area contributed by atoms with Crippen LogP contribution in [0.1, 0.15) is 17.0 Å². The van der Waals surface area contributed by atoms with Crippen molar-refractivity contribution in [3.05, 3.63) is 70.5 Å². The second kappa shape index (κ2) is 5.62. The summed E-state index contributed by atoms with van der Waals surface area (Å²) in [6, 6.07) is 12.2. The minimum absolute atomic E-state index is 0.670. The highest BCUT2D eigenvalue weighted by Gasteiger charge is 2.11. The van der Waals surface area contributed by atoms with Crippen molar-refractivity contribution >= 4 is 27.0 Å². The number of nitrogens with zero attached hydrogens (tertiary/aromatic N) is 4. The molecule has 0 fully saturated rings. The maximum atomic E-state index is 5.94. The molecule has 114 valence electrons. The van der Waals surface area contributed by atoms with Gasteiger partial charge in [0.1, 0.15) is 18.2 Å². The maximum absolute atomic E-state index is 5.94. The lowest BCUT2D eigenvalue weighted by atomic mass is 10.1. The van der Waals surface area contributed by atoms with E-state index in [9.17, 15) is 0 Å². The summed E-state index contributed by atoms with van der Waals surface area (Å²) in [6.07, 6.45) is 4.01. The van der Waals surface area contributed by atoms with Crippen molar-refractivity contribution in [2.45, 2.75) is 13.3 Å². The molecule has 0 N–H and O–H groups in total. The maximum Gasteiger partial charge on any atom is 0.199 e. The van der Waals surface area contributed by atoms with Crippen LogP contribution in [0.15, 0.2) is 57.9 Å². The normalized spacial score (nSPS) is 11.2. The average molecular weight is 369 g/mol. The first-order chi connectivity index (χ1) is 11.2. The number of halogens is 1. The quantitative estimate of drug-likeness (QED) is 0.546. The summed E-state index contributed by atoms with van der Waals surface area (Å²) < 4.78 is 8.86. The van der Waals surface area contributed by atoms with E-state index in [1.165, 1.54) is 0 Å². The van der Waals surface area contributed by atoms with Gasteiger partial charge in [0.15, 0.2) is 11.5 Å². The van der Waals surface area contributed by atoms with Crippen molar-refractivity contribution in [2.75, 3.05) is 0 Å². The third-order valence-electron chi connectivity index (χ3n) is 3.69. The van der Waals surface area contributed by atoms with E-state index in [2.05, 4.69) is 43.2 Å². The Morgan fingerprint density at radius 1 is 1.09 bits per heavy atom. The van der Waals surface area contributed by atoms with Gasteiger partial charge in [-0.05, 0) is 42.3 Å². The zero-order valence-corrected chi connectivity index (χ0v) is 14.0. The molecule has 5 nitrogen and oxygen atoms in total. The van der Waals surface area contributed by atoms with E-state index >= 15 is 0 Å². The van der Waals surface area contributed by atoms with Gasteiger partial charge in [-0.3, -0.25) is 4.57 Å². The number of benzene rings is 2. The Balaban J connectivity index is 1.72. The van der Waals surface area contributed by atoms with E-state index in [-0.39, 0.29) is 0 Å². The van der Waals surface area contributed by atoms with E-state index in [0.29, 0.717) is 12.3 Å². The van der Waals surface area contributed by atoms with Crippen LogP contribution in [0, 0.1) is 6.92 Å². The van der Waals surface area contributed by atoms with Crippen LogP contribution < -0.4 is 0 Å². The largest absolute Gasteiger partial charge is 0.440 e. The highest BCUT2D eigenvalue weighted by molar-refractivity contribution is 9.10. The fraction of sp³-hybridized carbons (Fsp3) is 0.118. The van der Waals surface area contributed by atoms with Gasteiger partial charge in [0.2, 0.25) is 0 Å². The number of hydrogen-bond donors (Lipinski definition) is 0. The standard InChI is InChI=1S/C17H13BrN4O/c1-11-6-14(22-9-19-20-10-22)8-15-17(11)23-16(21-15)7-12-2-4-13(18)5-3-12/h2-6,8-10H,7H2,1H3. The summed E-state index contributed by atoms with van der Waals surface area (Å²) in [4.78, 5) is 4.63. The fourth-order valence-corrected chi connectivity index (χ4v) is 2.83. The van der Waals surface area contributed by atoms with Crippen LogP contribution in [0.4, 0.5) is 0 Å². The molecule has 2 heterocycles. The average Bonchev–Trinajstić information content (AvgIpc) is 3.19. The number of aryl methyl sites for hydroxylation is 1. The molecule has 0 saturated carbocycles. The van der Waals surface area contributed by atoms with E-state index in [0.717, 1.165) is 32.4 Å². The molecule has 4 aromatic rings. The van der Waals surface area contributed by atoms with E-state index < -0.39 is 0 Å². The van der Waals surface area contributed by atoms with Gasteiger partial charge in [-0.25, -0.2) is 4.98 Å². The Morgan fingerprint density at radius 2 is 1.83 bits per heavy atom. The Hall–Kier alpha value is -2.47. The van der Waals surface area contributed by atoms with Crippen molar-refractivity contribution in [1.82, 2.24) is 19.7 Å². The van der Waals surface area contributed by atoms with Crippen molar-refractivity contribution in [2.24, 2.45) is 0 Å². The minimum atomic E-state index is 0.670. The number of aromatic nitrogens is 4. The molecular weight excluding hydrogens is 356 g/mol. The topological polar surface area (TPSA) is 56.7 Å². The molecule has 0 aliphatic heterocycles. The lowest BCUT2D eigenvalue weighted by Gasteiger charge is -2.02. The molecule has 0 saturated heterocycles. The summed E-state index contributed by atoms with van der Waals surface area (Å²) in [7, 11) is 0. The van der Waals surface area contributed by atoms with E-state index in [1.807, 2.05) is 35.8 Å². The second-order valence-electron chi connectivity index (χ2n) is 5.39. The molecule has 2 aromatic carbocycles. The highest BCUT2D eigenvalue weighted by atomic mass is 79.9. The Morgan fingerprint density at radius 3 is 2.57 bits per heavy atom. The Kier molecular flexibility index (Phi) is 3.46. The third kappa shape index (κ3) is 2.77. The molecule has 2 aromatic heterocycles. The molecule has 6 heteroatoms. The van der Waals surface area contributed by atoms with Crippen LogP contribution in [0.2, 0.25) is 0 Å². The van der Waals surface area contributed by atoms with E-state index in [4.69, 9.17) is 4.42 Å². The molecule has 0 amide bonds. The zero-order valence-electron chi connectivity index (χ0n) is 12.4. The number of oxazole rings is 1.